The van der Waals surface area contributed by atoms with Gasteiger partial charge >= 0.3 is 0 Å². The summed E-state index contributed by atoms with van der Waals surface area (Å²) in [5.41, 5.74) is 1.71. The molecule has 1 heterocycles. The monoisotopic (exact) mass is 296 g/mol. The van der Waals surface area contributed by atoms with E-state index in [1.165, 1.54) is 11.8 Å². The van der Waals surface area contributed by atoms with E-state index < -0.39 is 0 Å². The predicted octanol–water partition coefficient (Wildman–Crippen LogP) is 2.51. The van der Waals surface area contributed by atoms with E-state index in [1.54, 1.807) is 23.0 Å². The molecule has 0 atom stereocenters. The Labute approximate surface area is 120 Å². The molecule has 0 aliphatic carbocycles. The first kappa shape index (κ1) is 13.9. The van der Waals surface area contributed by atoms with Crippen LogP contribution in [0.1, 0.15) is 5.56 Å². The number of rotatable bonds is 4. The lowest BCUT2D eigenvalue weighted by molar-refractivity contribution is -0.113. The molecule has 0 aliphatic rings. The van der Waals surface area contributed by atoms with Crippen LogP contribution < -0.4 is 5.32 Å². The highest BCUT2D eigenvalue weighted by Gasteiger charge is 2.08. The molecule has 0 fully saturated rings. The number of halogens is 1. The third kappa shape index (κ3) is 3.71. The van der Waals surface area contributed by atoms with E-state index in [9.17, 15) is 4.79 Å². The summed E-state index contributed by atoms with van der Waals surface area (Å²) in [6.45, 7) is 1.90. The van der Waals surface area contributed by atoms with Crippen LogP contribution >= 0.6 is 23.4 Å². The number of nitrogens with zero attached hydrogens (tertiary/aromatic N) is 3. The second-order valence-corrected chi connectivity index (χ2v) is 5.40. The lowest BCUT2D eigenvalue weighted by Gasteiger charge is -2.08. The average molecular weight is 297 g/mol. The molecular weight excluding hydrogens is 284 g/mol. The number of anilines is 1. The molecule has 1 amide bonds. The van der Waals surface area contributed by atoms with Gasteiger partial charge in [-0.1, -0.05) is 23.4 Å². The van der Waals surface area contributed by atoms with Crippen molar-refractivity contribution in [1.29, 1.82) is 0 Å². The molecule has 1 N–H and O–H groups in total. The number of thioether (sulfide) groups is 1. The zero-order valence-corrected chi connectivity index (χ0v) is 12.1. The van der Waals surface area contributed by atoms with E-state index in [4.69, 9.17) is 11.6 Å². The van der Waals surface area contributed by atoms with Gasteiger partial charge in [-0.2, -0.15) is 0 Å². The fourth-order valence-corrected chi connectivity index (χ4v) is 2.40. The van der Waals surface area contributed by atoms with Crippen molar-refractivity contribution in [3.05, 3.63) is 35.1 Å². The van der Waals surface area contributed by atoms with Crippen LogP contribution in [0.5, 0.6) is 0 Å². The Morgan fingerprint density at radius 2 is 2.32 bits per heavy atom. The second kappa shape index (κ2) is 6.08. The highest BCUT2D eigenvalue weighted by Crippen LogP contribution is 2.20. The minimum atomic E-state index is -0.0848. The average Bonchev–Trinajstić information content (AvgIpc) is 2.76. The summed E-state index contributed by atoms with van der Waals surface area (Å²) in [7, 11) is 1.84. The molecule has 100 valence electrons. The van der Waals surface area contributed by atoms with Crippen molar-refractivity contribution in [3.8, 4) is 0 Å². The van der Waals surface area contributed by atoms with Gasteiger partial charge in [0.05, 0.1) is 5.75 Å². The van der Waals surface area contributed by atoms with Crippen LogP contribution in [0.3, 0.4) is 0 Å². The highest BCUT2D eigenvalue weighted by atomic mass is 35.5. The second-order valence-electron chi connectivity index (χ2n) is 4.02. The van der Waals surface area contributed by atoms with Crippen molar-refractivity contribution in [2.75, 3.05) is 11.1 Å². The Bertz CT molecular complexity index is 599. The number of hydrogen-bond donors (Lipinski definition) is 1. The molecule has 0 saturated carbocycles. The van der Waals surface area contributed by atoms with Gasteiger partial charge < -0.3 is 9.88 Å². The molecule has 19 heavy (non-hydrogen) atoms. The topological polar surface area (TPSA) is 59.8 Å². The van der Waals surface area contributed by atoms with Crippen molar-refractivity contribution in [3.63, 3.8) is 0 Å². The maximum absolute atomic E-state index is 11.8. The molecule has 1 aromatic carbocycles. The van der Waals surface area contributed by atoms with Crippen LogP contribution in [0, 0.1) is 6.92 Å². The first-order valence-corrected chi connectivity index (χ1v) is 6.95. The SMILES string of the molecule is Cc1cc(Cl)ccc1NC(=O)CSc1nncn1C. The normalized spacial score (nSPS) is 10.5. The number of amides is 1. The van der Waals surface area contributed by atoms with Gasteiger partial charge in [0.25, 0.3) is 0 Å². The first-order valence-electron chi connectivity index (χ1n) is 5.59. The summed E-state index contributed by atoms with van der Waals surface area (Å²) in [5, 5.41) is 11.9. The minimum absolute atomic E-state index is 0.0848. The molecule has 0 bridgehead atoms. The first-order chi connectivity index (χ1) is 9.06. The Hall–Kier alpha value is -1.53. The zero-order chi connectivity index (χ0) is 13.8. The van der Waals surface area contributed by atoms with Gasteiger partial charge in [0.15, 0.2) is 5.16 Å². The van der Waals surface area contributed by atoms with Crippen molar-refractivity contribution in [2.24, 2.45) is 7.05 Å². The molecule has 0 spiro atoms. The molecule has 0 radical (unpaired) electrons. The summed E-state index contributed by atoms with van der Waals surface area (Å²) >= 11 is 7.21. The van der Waals surface area contributed by atoms with Crippen molar-refractivity contribution >= 4 is 35.0 Å². The van der Waals surface area contributed by atoms with Gasteiger partial charge in [0, 0.05) is 17.8 Å². The molecule has 2 aromatic rings. The van der Waals surface area contributed by atoms with E-state index in [1.807, 2.05) is 20.0 Å². The molecule has 0 aliphatic heterocycles. The smallest absolute Gasteiger partial charge is 0.234 e. The summed E-state index contributed by atoms with van der Waals surface area (Å²) in [4.78, 5) is 11.8. The number of aryl methyl sites for hydroxylation is 2. The highest BCUT2D eigenvalue weighted by molar-refractivity contribution is 7.99. The number of benzene rings is 1. The van der Waals surface area contributed by atoms with Crippen LogP contribution in [0.2, 0.25) is 5.02 Å². The maximum atomic E-state index is 11.8. The van der Waals surface area contributed by atoms with E-state index in [0.29, 0.717) is 10.2 Å². The summed E-state index contributed by atoms with van der Waals surface area (Å²) < 4.78 is 1.77. The van der Waals surface area contributed by atoms with Crippen LogP contribution in [-0.2, 0) is 11.8 Å². The molecule has 7 heteroatoms. The third-order valence-corrected chi connectivity index (χ3v) is 3.73. The molecule has 5 nitrogen and oxygen atoms in total. The quantitative estimate of drug-likeness (QED) is 0.881. The standard InChI is InChI=1S/C12H13ClN4OS/c1-8-5-9(13)3-4-10(8)15-11(18)6-19-12-16-14-7-17(12)2/h3-5,7H,6H2,1-2H3,(H,15,18). The fourth-order valence-electron chi connectivity index (χ4n) is 1.49. The number of carbonyl (C=O) groups is 1. The summed E-state index contributed by atoms with van der Waals surface area (Å²) in [5.74, 6) is 0.202. The lowest BCUT2D eigenvalue weighted by atomic mass is 10.2. The van der Waals surface area contributed by atoms with Gasteiger partial charge in [-0.3, -0.25) is 4.79 Å². The van der Waals surface area contributed by atoms with Crippen molar-refractivity contribution in [2.45, 2.75) is 12.1 Å². The number of nitrogens with one attached hydrogen (secondary N) is 1. The Morgan fingerprint density at radius 1 is 1.53 bits per heavy atom. The Kier molecular flexibility index (Phi) is 4.44. The molecular formula is C12H13ClN4OS. The van der Waals surface area contributed by atoms with Gasteiger partial charge in [0.1, 0.15) is 6.33 Å². The molecule has 2 rings (SSSR count). The predicted molar refractivity (Wildman–Crippen MR) is 76.5 cm³/mol. The summed E-state index contributed by atoms with van der Waals surface area (Å²) in [6, 6.07) is 5.36. The minimum Gasteiger partial charge on any atom is -0.325 e. The Balaban J connectivity index is 1.93. The van der Waals surface area contributed by atoms with E-state index in [0.717, 1.165) is 11.3 Å². The third-order valence-electron chi connectivity index (χ3n) is 2.46. The zero-order valence-electron chi connectivity index (χ0n) is 10.6. The van der Waals surface area contributed by atoms with E-state index in [2.05, 4.69) is 15.5 Å². The molecule has 0 unspecified atom stereocenters. The fraction of sp³-hybridized carbons (Fsp3) is 0.250. The van der Waals surface area contributed by atoms with Gasteiger partial charge in [0.2, 0.25) is 5.91 Å². The molecule has 0 saturated heterocycles. The molecule has 1 aromatic heterocycles. The van der Waals surface area contributed by atoms with Gasteiger partial charge in [-0.15, -0.1) is 10.2 Å². The van der Waals surface area contributed by atoms with E-state index in [-0.39, 0.29) is 11.7 Å². The van der Waals surface area contributed by atoms with E-state index >= 15 is 0 Å². The maximum Gasteiger partial charge on any atom is 0.234 e. The van der Waals surface area contributed by atoms with Gasteiger partial charge in [-0.05, 0) is 30.7 Å². The van der Waals surface area contributed by atoms with Crippen molar-refractivity contribution < 1.29 is 4.79 Å². The van der Waals surface area contributed by atoms with Crippen LogP contribution in [0.4, 0.5) is 5.69 Å². The van der Waals surface area contributed by atoms with Crippen LogP contribution in [0.15, 0.2) is 29.7 Å². The lowest BCUT2D eigenvalue weighted by Crippen LogP contribution is -2.15. The number of hydrogen-bond acceptors (Lipinski definition) is 4. The van der Waals surface area contributed by atoms with Crippen LogP contribution in [0.25, 0.3) is 0 Å². The number of carbonyl (C=O) groups excluding carboxylic acids is 1. The van der Waals surface area contributed by atoms with Crippen LogP contribution in [-0.4, -0.2) is 26.4 Å². The Morgan fingerprint density at radius 3 is 2.95 bits per heavy atom. The number of aromatic nitrogens is 3. The van der Waals surface area contributed by atoms with Gasteiger partial charge in [-0.25, -0.2) is 0 Å². The largest absolute Gasteiger partial charge is 0.325 e. The summed E-state index contributed by atoms with van der Waals surface area (Å²) in [6.07, 6.45) is 1.60. The van der Waals surface area contributed by atoms with Crippen molar-refractivity contribution in [1.82, 2.24) is 14.8 Å².